The van der Waals surface area contributed by atoms with Crippen molar-refractivity contribution < 1.29 is 13.7 Å². The van der Waals surface area contributed by atoms with Gasteiger partial charge < -0.3 is 0 Å². The van der Waals surface area contributed by atoms with Gasteiger partial charge in [0.05, 0.1) is 10.5 Å². The average molecular weight is 235 g/mol. The van der Waals surface area contributed by atoms with Crippen LogP contribution in [0.3, 0.4) is 0 Å². The van der Waals surface area contributed by atoms with E-state index in [9.17, 15) is 18.9 Å². The van der Waals surface area contributed by atoms with Crippen LogP contribution in [0.4, 0.5) is 14.5 Å². The van der Waals surface area contributed by atoms with Gasteiger partial charge >= 0.3 is 5.69 Å². The minimum absolute atomic E-state index is 0.0127. The summed E-state index contributed by atoms with van der Waals surface area (Å²) in [6, 6.07) is 9.14. The number of hydrogen-bond acceptors (Lipinski definition) is 2. The molecular formula is C12H7F2NO2. The third-order valence-corrected chi connectivity index (χ3v) is 2.33. The van der Waals surface area contributed by atoms with Gasteiger partial charge in [-0.05, 0) is 18.2 Å². The number of nitrogens with zero attached hydrogens (tertiary/aromatic N) is 1. The second-order valence-electron chi connectivity index (χ2n) is 3.37. The molecule has 0 saturated carbocycles. The largest absolute Gasteiger partial charge is 0.312 e. The molecule has 0 amide bonds. The minimum atomic E-state index is -0.976. The molecule has 0 saturated heterocycles. The lowest BCUT2D eigenvalue weighted by atomic mass is 10.0. The van der Waals surface area contributed by atoms with Gasteiger partial charge in [-0.25, -0.2) is 4.39 Å². The van der Waals surface area contributed by atoms with Crippen molar-refractivity contribution in [2.75, 3.05) is 0 Å². The van der Waals surface area contributed by atoms with Gasteiger partial charge in [-0.1, -0.05) is 24.3 Å². The number of benzene rings is 2. The highest BCUT2D eigenvalue weighted by atomic mass is 19.1. The first-order valence-corrected chi connectivity index (χ1v) is 4.79. The zero-order chi connectivity index (χ0) is 12.4. The Morgan fingerprint density at radius 3 is 2.12 bits per heavy atom. The fourth-order valence-electron chi connectivity index (χ4n) is 1.60. The van der Waals surface area contributed by atoms with Crippen LogP contribution in [0, 0.1) is 21.7 Å². The molecule has 0 unspecified atom stereocenters. The summed E-state index contributed by atoms with van der Waals surface area (Å²) in [6.45, 7) is 0. The maximum atomic E-state index is 13.5. The Morgan fingerprint density at radius 1 is 0.882 bits per heavy atom. The molecule has 0 aliphatic carbocycles. The first-order chi connectivity index (χ1) is 8.11. The molecule has 0 aliphatic rings. The zero-order valence-corrected chi connectivity index (χ0v) is 8.56. The van der Waals surface area contributed by atoms with Crippen LogP contribution in [0.2, 0.25) is 0 Å². The Hall–Kier alpha value is -2.30. The fraction of sp³-hybridized carbons (Fsp3) is 0. The molecule has 0 radical (unpaired) electrons. The molecular weight excluding hydrogens is 228 g/mol. The zero-order valence-electron chi connectivity index (χ0n) is 8.56. The van der Waals surface area contributed by atoms with Gasteiger partial charge in [0.2, 0.25) is 5.82 Å². The lowest BCUT2D eigenvalue weighted by Gasteiger charge is -2.04. The molecule has 0 heterocycles. The van der Waals surface area contributed by atoms with Gasteiger partial charge in [-0.15, -0.1) is 0 Å². The van der Waals surface area contributed by atoms with Crippen molar-refractivity contribution in [3.05, 3.63) is 64.2 Å². The van der Waals surface area contributed by atoms with E-state index >= 15 is 0 Å². The summed E-state index contributed by atoms with van der Waals surface area (Å²) in [5.41, 5.74) is -0.760. The molecule has 0 atom stereocenters. The Balaban J connectivity index is 2.72. The standard InChI is InChI=1S/C12H7F2NO2/c13-10-6-2-1-4-8(10)9-5-3-7-11(14)12(9)15(16)17/h1-7H. The molecule has 0 bridgehead atoms. The van der Waals surface area contributed by atoms with Crippen LogP contribution in [0.1, 0.15) is 0 Å². The van der Waals surface area contributed by atoms with E-state index in [4.69, 9.17) is 0 Å². The van der Waals surface area contributed by atoms with E-state index < -0.39 is 22.2 Å². The topological polar surface area (TPSA) is 43.1 Å². The number of nitro groups is 1. The highest BCUT2D eigenvalue weighted by Gasteiger charge is 2.22. The van der Waals surface area contributed by atoms with E-state index in [2.05, 4.69) is 0 Å². The summed E-state index contributed by atoms with van der Waals surface area (Å²) in [6.07, 6.45) is 0. The van der Waals surface area contributed by atoms with Crippen LogP contribution in [-0.2, 0) is 0 Å². The summed E-state index contributed by atoms with van der Waals surface area (Å²) in [7, 11) is 0. The van der Waals surface area contributed by atoms with Gasteiger partial charge in [-0.2, -0.15) is 4.39 Å². The predicted octanol–water partition coefficient (Wildman–Crippen LogP) is 3.54. The molecule has 17 heavy (non-hydrogen) atoms. The molecule has 0 aromatic heterocycles. The van der Waals surface area contributed by atoms with Crippen molar-refractivity contribution in [2.45, 2.75) is 0 Å². The third kappa shape index (κ3) is 1.99. The van der Waals surface area contributed by atoms with Gasteiger partial charge in [0.1, 0.15) is 5.82 Å². The second-order valence-corrected chi connectivity index (χ2v) is 3.37. The predicted molar refractivity (Wildman–Crippen MR) is 58.4 cm³/mol. The van der Waals surface area contributed by atoms with Gasteiger partial charge in [0, 0.05) is 5.56 Å². The van der Waals surface area contributed by atoms with E-state index in [-0.39, 0.29) is 11.1 Å². The van der Waals surface area contributed by atoms with Crippen LogP contribution in [0.5, 0.6) is 0 Å². The molecule has 3 nitrogen and oxygen atoms in total. The summed E-state index contributed by atoms with van der Waals surface area (Å²) >= 11 is 0. The SMILES string of the molecule is O=[N+]([O-])c1c(F)cccc1-c1ccccc1F. The van der Waals surface area contributed by atoms with Crippen molar-refractivity contribution in [3.63, 3.8) is 0 Å². The summed E-state index contributed by atoms with van der Waals surface area (Å²) < 4.78 is 26.9. The molecule has 0 aliphatic heterocycles. The van der Waals surface area contributed by atoms with Crippen LogP contribution in [0.15, 0.2) is 42.5 Å². The first kappa shape index (κ1) is 11.2. The second kappa shape index (κ2) is 4.29. The maximum absolute atomic E-state index is 13.5. The number of para-hydroxylation sites is 1. The van der Waals surface area contributed by atoms with E-state index in [0.717, 1.165) is 6.07 Å². The monoisotopic (exact) mass is 235 g/mol. The molecule has 2 aromatic rings. The highest BCUT2D eigenvalue weighted by molar-refractivity contribution is 5.74. The van der Waals surface area contributed by atoms with E-state index in [0.29, 0.717) is 0 Å². The van der Waals surface area contributed by atoms with Crippen LogP contribution in [0.25, 0.3) is 11.1 Å². The first-order valence-electron chi connectivity index (χ1n) is 4.79. The molecule has 0 N–H and O–H groups in total. The molecule has 5 heteroatoms. The number of halogens is 2. The normalized spacial score (nSPS) is 10.2. The van der Waals surface area contributed by atoms with Gasteiger partial charge in [0.25, 0.3) is 0 Å². The smallest absolute Gasteiger partial charge is 0.258 e. The Morgan fingerprint density at radius 2 is 1.47 bits per heavy atom. The number of rotatable bonds is 2. The maximum Gasteiger partial charge on any atom is 0.312 e. The van der Waals surface area contributed by atoms with Gasteiger partial charge in [-0.3, -0.25) is 10.1 Å². The van der Waals surface area contributed by atoms with Crippen LogP contribution >= 0.6 is 0 Å². The highest BCUT2D eigenvalue weighted by Crippen LogP contribution is 2.33. The fourth-order valence-corrected chi connectivity index (χ4v) is 1.60. The Bertz CT molecular complexity index is 584. The molecule has 86 valence electrons. The lowest BCUT2D eigenvalue weighted by molar-refractivity contribution is -0.386. The van der Waals surface area contributed by atoms with Crippen molar-refractivity contribution in [2.24, 2.45) is 0 Å². The van der Waals surface area contributed by atoms with Crippen molar-refractivity contribution in [3.8, 4) is 11.1 Å². The third-order valence-electron chi connectivity index (χ3n) is 2.33. The van der Waals surface area contributed by atoms with Crippen LogP contribution < -0.4 is 0 Å². The Kier molecular flexibility index (Phi) is 2.82. The minimum Gasteiger partial charge on any atom is -0.258 e. The molecule has 0 fully saturated rings. The molecule has 2 aromatic carbocycles. The van der Waals surface area contributed by atoms with Crippen molar-refractivity contribution in [1.82, 2.24) is 0 Å². The summed E-state index contributed by atoms with van der Waals surface area (Å²) in [5, 5.41) is 10.8. The summed E-state index contributed by atoms with van der Waals surface area (Å²) in [4.78, 5) is 9.92. The van der Waals surface area contributed by atoms with Crippen LogP contribution in [-0.4, -0.2) is 4.92 Å². The van der Waals surface area contributed by atoms with Gasteiger partial charge in [0.15, 0.2) is 0 Å². The molecule has 2 rings (SSSR count). The number of nitro benzene ring substituents is 1. The van der Waals surface area contributed by atoms with E-state index in [1.807, 2.05) is 0 Å². The van der Waals surface area contributed by atoms with E-state index in [1.54, 1.807) is 0 Å². The quantitative estimate of drug-likeness (QED) is 0.590. The molecule has 0 spiro atoms. The Labute approximate surface area is 95.5 Å². The average Bonchev–Trinajstić information content (AvgIpc) is 2.28. The van der Waals surface area contributed by atoms with E-state index in [1.165, 1.54) is 36.4 Å². The number of hydrogen-bond donors (Lipinski definition) is 0. The van der Waals surface area contributed by atoms with Crippen molar-refractivity contribution in [1.29, 1.82) is 0 Å². The lowest BCUT2D eigenvalue weighted by Crippen LogP contribution is -1.96. The van der Waals surface area contributed by atoms with Crippen molar-refractivity contribution >= 4 is 5.69 Å². The summed E-state index contributed by atoms with van der Waals surface area (Å²) in [5.74, 6) is -1.60.